The molecule has 1 aliphatic heterocycles. The third kappa shape index (κ3) is 6.46. The monoisotopic (exact) mass is 426 g/mol. The molecule has 0 unspecified atom stereocenters. The van der Waals surface area contributed by atoms with Crippen LogP contribution in [0.1, 0.15) is 42.1 Å². The van der Waals surface area contributed by atoms with Crippen LogP contribution >= 0.6 is 0 Å². The molecule has 3 rings (SSSR count). The molecule has 1 saturated heterocycles. The van der Waals surface area contributed by atoms with E-state index in [1.807, 2.05) is 31.2 Å². The summed E-state index contributed by atoms with van der Waals surface area (Å²) in [6, 6.07) is 12.7. The fraction of sp³-hybridized carbons (Fsp3) is 0.417. The molecule has 0 aliphatic carbocycles. The fourth-order valence-electron chi connectivity index (χ4n) is 3.55. The van der Waals surface area contributed by atoms with Gasteiger partial charge < -0.3 is 24.4 Å². The number of esters is 1. The molecule has 1 fully saturated rings. The van der Waals surface area contributed by atoms with E-state index in [-0.39, 0.29) is 12.5 Å². The van der Waals surface area contributed by atoms with E-state index in [1.54, 1.807) is 25.3 Å². The number of rotatable bonds is 9. The number of piperidine rings is 1. The zero-order valence-electron chi connectivity index (χ0n) is 18.2. The minimum absolute atomic E-state index is 0.328. The Bertz CT molecular complexity index is 876. The lowest BCUT2D eigenvalue weighted by Gasteiger charge is -2.28. The van der Waals surface area contributed by atoms with E-state index in [4.69, 9.17) is 14.2 Å². The van der Waals surface area contributed by atoms with Gasteiger partial charge in [-0.05, 0) is 68.7 Å². The Morgan fingerprint density at radius 3 is 2.45 bits per heavy atom. The number of nitrogens with zero attached hydrogens (tertiary/aromatic N) is 1. The fourth-order valence-corrected chi connectivity index (χ4v) is 3.55. The normalized spacial score (nSPS) is 13.5. The second-order valence-corrected chi connectivity index (χ2v) is 7.38. The van der Waals surface area contributed by atoms with Gasteiger partial charge in [-0.3, -0.25) is 4.79 Å². The largest absolute Gasteiger partial charge is 0.496 e. The van der Waals surface area contributed by atoms with Crippen LogP contribution in [0.3, 0.4) is 0 Å². The predicted molar refractivity (Wildman–Crippen MR) is 120 cm³/mol. The molecule has 0 atom stereocenters. The maximum atomic E-state index is 12.4. The highest BCUT2D eigenvalue weighted by Gasteiger charge is 2.14. The summed E-state index contributed by atoms with van der Waals surface area (Å²) in [5.41, 5.74) is 2.92. The highest BCUT2D eigenvalue weighted by Crippen LogP contribution is 2.23. The molecule has 1 aliphatic rings. The van der Waals surface area contributed by atoms with Crippen LogP contribution in [-0.4, -0.2) is 45.3 Å². The van der Waals surface area contributed by atoms with Crippen LogP contribution in [0.15, 0.2) is 42.5 Å². The van der Waals surface area contributed by atoms with Crippen molar-refractivity contribution in [2.75, 3.05) is 43.6 Å². The number of carbonyl (C=O) groups is 2. The Morgan fingerprint density at radius 2 is 1.77 bits per heavy atom. The molecule has 7 heteroatoms. The first-order chi connectivity index (χ1) is 15.1. The highest BCUT2D eigenvalue weighted by molar-refractivity contribution is 5.95. The van der Waals surface area contributed by atoms with E-state index in [2.05, 4.69) is 10.2 Å². The topological polar surface area (TPSA) is 77.1 Å². The number of nitrogens with one attached hydrogen (secondary N) is 1. The van der Waals surface area contributed by atoms with Gasteiger partial charge in [0.05, 0.1) is 19.3 Å². The Balaban J connectivity index is 1.51. The van der Waals surface area contributed by atoms with Crippen LogP contribution in [0.4, 0.5) is 11.4 Å². The van der Waals surface area contributed by atoms with E-state index in [0.29, 0.717) is 30.2 Å². The van der Waals surface area contributed by atoms with Gasteiger partial charge in [0.15, 0.2) is 6.61 Å². The first-order valence-electron chi connectivity index (χ1n) is 10.7. The van der Waals surface area contributed by atoms with Gasteiger partial charge in [-0.15, -0.1) is 0 Å². The van der Waals surface area contributed by atoms with Crippen molar-refractivity contribution in [2.45, 2.75) is 32.8 Å². The molecule has 0 radical (unpaired) electrons. The van der Waals surface area contributed by atoms with Gasteiger partial charge in [0.1, 0.15) is 5.75 Å². The molecule has 2 aromatic rings. The van der Waals surface area contributed by atoms with Crippen LogP contribution in [0.2, 0.25) is 0 Å². The van der Waals surface area contributed by atoms with Gasteiger partial charge in [0.25, 0.3) is 5.91 Å². The van der Waals surface area contributed by atoms with Gasteiger partial charge in [-0.2, -0.15) is 0 Å². The Labute approximate surface area is 183 Å². The summed E-state index contributed by atoms with van der Waals surface area (Å²) < 4.78 is 15.9. The number of anilines is 2. The van der Waals surface area contributed by atoms with Crippen molar-refractivity contribution in [3.63, 3.8) is 0 Å². The van der Waals surface area contributed by atoms with E-state index in [0.717, 1.165) is 24.3 Å². The lowest BCUT2D eigenvalue weighted by Crippen LogP contribution is -2.29. The van der Waals surface area contributed by atoms with Crippen LogP contribution < -0.4 is 15.0 Å². The minimum atomic E-state index is -0.573. The van der Waals surface area contributed by atoms with Crippen molar-refractivity contribution in [3.05, 3.63) is 53.6 Å². The molecule has 1 amide bonds. The van der Waals surface area contributed by atoms with Crippen molar-refractivity contribution < 1.29 is 23.8 Å². The molecule has 1 heterocycles. The summed E-state index contributed by atoms with van der Waals surface area (Å²) in [4.78, 5) is 26.9. The summed E-state index contributed by atoms with van der Waals surface area (Å²) in [6.07, 6.45) is 3.71. The number of hydrogen-bond acceptors (Lipinski definition) is 6. The molecule has 0 saturated carbocycles. The smallest absolute Gasteiger partial charge is 0.338 e. The number of ether oxygens (including phenoxy) is 3. The molecule has 0 bridgehead atoms. The second-order valence-electron chi connectivity index (χ2n) is 7.38. The standard InChI is InChI=1S/C24H30N2O5/c1-3-30-16-19-15-18(7-12-22(19)29-2)24(28)31-17-23(27)25-20-8-10-21(11-9-20)26-13-5-4-6-14-26/h7-12,15H,3-6,13-14,16-17H2,1-2H3,(H,25,27). The number of amides is 1. The van der Waals surface area contributed by atoms with E-state index in [1.165, 1.54) is 19.3 Å². The molecule has 0 aromatic heterocycles. The van der Waals surface area contributed by atoms with Crippen molar-refractivity contribution in [3.8, 4) is 5.75 Å². The van der Waals surface area contributed by atoms with Gasteiger partial charge in [-0.1, -0.05) is 0 Å². The summed E-state index contributed by atoms with van der Waals surface area (Å²) >= 11 is 0. The van der Waals surface area contributed by atoms with E-state index < -0.39 is 5.97 Å². The summed E-state index contributed by atoms with van der Waals surface area (Å²) in [7, 11) is 1.56. The Morgan fingerprint density at radius 1 is 1.03 bits per heavy atom. The quantitative estimate of drug-likeness (QED) is 0.611. The average Bonchev–Trinajstić information content (AvgIpc) is 2.82. The van der Waals surface area contributed by atoms with Gasteiger partial charge in [0, 0.05) is 36.6 Å². The molecule has 1 N–H and O–H groups in total. The van der Waals surface area contributed by atoms with Crippen LogP contribution in [0.5, 0.6) is 5.75 Å². The van der Waals surface area contributed by atoms with Crippen molar-refractivity contribution in [1.29, 1.82) is 0 Å². The third-order valence-corrected chi connectivity index (χ3v) is 5.18. The molecular formula is C24H30N2O5. The number of carbonyl (C=O) groups excluding carboxylic acids is 2. The predicted octanol–water partition coefficient (Wildman–Crippen LogP) is 4.02. The average molecular weight is 427 g/mol. The van der Waals surface area contributed by atoms with Gasteiger partial charge in [0.2, 0.25) is 0 Å². The van der Waals surface area contributed by atoms with Crippen molar-refractivity contribution in [2.24, 2.45) is 0 Å². The van der Waals surface area contributed by atoms with Crippen LogP contribution in [-0.2, 0) is 20.9 Å². The Kier molecular flexibility index (Phi) is 8.29. The van der Waals surface area contributed by atoms with Crippen LogP contribution in [0, 0.1) is 0 Å². The molecule has 0 spiro atoms. The maximum absolute atomic E-state index is 12.4. The highest BCUT2D eigenvalue weighted by atomic mass is 16.5. The molecule has 31 heavy (non-hydrogen) atoms. The van der Waals surface area contributed by atoms with Crippen LogP contribution in [0.25, 0.3) is 0 Å². The van der Waals surface area contributed by atoms with E-state index >= 15 is 0 Å². The van der Waals surface area contributed by atoms with Crippen molar-refractivity contribution in [1.82, 2.24) is 0 Å². The van der Waals surface area contributed by atoms with Crippen molar-refractivity contribution >= 4 is 23.3 Å². The second kappa shape index (κ2) is 11.4. The SMILES string of the molecule is CCOCc1cc(C(=O)OCC(=O)Nc2ccc(N3CCCCC3)cc2)ccc1OC. The van der Waals surface area contributed by atoms with E-state index in [9.17, 15) is 9.59 Å². The first kappa shape index (κ1) is 22.6. The third-order valence-electron chi connectivity index (χ3n) is 5.18. The Hall–Kier alpha value is -3.06. The number of hydrogen-bond donors (Lipinski definition) is 1. The van der Waals surface area contributed by atoms with Gasteiger partial charge >= 0.3 is 5.97 Å². The summed E-state index contributed by atoms with van der Waals surface area (Å²) in [6.45, 7) is 4.55. The van der Waals surface area contributed by atoms with Gasteiger partial charge in [-0.25, -0.2) is 4.79 Å². The maximum Gasteiger partial charge on any atom is 0.338 e. The number of benzene rings is 2. The zero-order valence-corrected chi connectivity index (χ0v) is 18.2. The summed E-state index contributed by atoms with van der Waals surface area (Å²) in [5.74, 6) is -0.325. The minimum Gasteiger partial charge on any atom is -0.496 e. The molecular weight excluding hydrogens is 396 g/mol. The summed E-state index contributed by atoms with van der Waals surface area (Å²) in [5, 5.41) is 2.76. The lowest BCUT2D eigenvalue weighted by molar-refractivity contribution is -0.119. The molecule has 2 aromatic carbocycles. The molecule has 7 nitrogen and oxygen atoms in total. The number of methoxy groups -OCH3 is 1. The zero-order chi connectivity index (χ0) is 22.1. The first-order valence-corrected chi connectivity index (χ1v) is 10.7. The lowest BCUT2D eigenvalue weighted by atomic mass is 10.1. The molecule has 166 valence electrons.